The van der Waals surface area contributed by atoms with E-state index in [0.29, 0.717) is 19.7 Å². The topological polar surface area (TPSA) is 77.1 Å². The first-order valence-electron chi connectivity index (χ1n) is 9.76. The predicted octanol–water partition coefficient (Wildman–Crippen LogP) is 2.48. The Kier molecular flexibility index (Phi) is 7.70. The van der Waals surface area contributed by atoms with Crippen molar-refractivity contribution >= 4 is 12.0 Å². The highest BCUT2D eigenvalue weighted by Gasteiger charge is 2.28. The monoisotopic (exact) mass is 370 g/mol. The third kappa shape index (κ3) is 7.11. The van der Waals surface area contributed by atoms with Crippen LogP contribution in [0.2, 0.25) is 0 Å². The number of likely N-dealkylation sites (tertiary alicyclic amines) is 1. The molecule has 0 aromatic heterocycles. The average Bonchev–Trinajstić information content (AvgIpc) is 2.59. The second-order valence-electron chi connectivity index (χ2n) is 8.21. The molecule has 0 saturated carbocycles. The van der Waals surface area contributed by atoms with Gasteiger partial charge in [-0.05, 0) is 59.8 Å². The summed E-state index contributed by atoms with van der Waals surface area (Å²) in [6.45, 7) is 9.82. The summed E-state index contributed by atoms with van der Waals surface area (Å²) in [5.74, 6) is 0.0107. The number of nitrogens with zero attached hydrogens (tertiary/aromatic N) is 1. The number of carbonyl (C=O) groups is 2. The molecule has 2 aliphatic heterocycles. The largest absolute Gasteiger partial charge is 0.444 e. The van der Waals surface area contributed by atoms with Crippen LogP contribution in [0.15, 0.2) is 0 Å². The molecule has 2 atom stereocenters. The quantitative estimate of drug-likeness (QED) is 0.804. The van der Waals surface area contributed by atoms with Gasteiger partial charge in [0.2, 0.25) is 0 Å². The second-order valence-corrected chi connectivity index (χ2v) is 8.21. The first-order valence-corrected chi connectivity index (χ1v) is 9.76. The summed E-state index contributed by atoms with van der Waals surface area (Å²) in [5, 5.41) is 2.89. The van der Waals surface area contributed by atoms with E-state index in [1.807, 2.05) is 25.7 Å². The van der Waals surface area contributed by atoms with Crippen molar-refractivity contribution in [2.24, 2.45) is 0 Å². The van der Waals surface area contributed by atoms with Crippen LogP contribution in [-0.2, 0) is 19.0 Å². The molecule has 2 rings (SSSR count). The number of hydrogen-bond donors (Lipinski definition) is 1. The normalized spacial score (nSPS) is 23.4. The van der Waals surface area contributed by atoms with Gasteiger partial charge in [0.05, 0.1) is 12.7 Å². The van der Waals surface area contributed by atoms with Gasteiger partial charge in [0, 0.05) is 25.7 Å². The standard InChI is InChI=1S/C19H34N2O5/c1-14(25-13-16-7-5-6-12-24-16)17(22)21-10-8-15(9-11-21)20-18(23)26-19(2,3)4/h14-16H,5-13H2,1-4H3,(H,20,23). The van der Waals surface area contributed by atoms with Gasteiger partial charge >= 0.3 is 6.09 Å². The maximum Gasteiger partial charge on any atom is 0.407 e. The Labute approximate surface area is 156 Å². The lowest BCUT2D eigenvalue weighted by Gasteiger charge is -2.34. The van der Waals surface area contributed by atoms with Gasteiger partial charge in [-0.2, -0.15) is 0 Å². The molecular formula is C19H34N2O5. The minimum absolute atomic E-state index is 0.0107. The maximum atomic E-state index is 12.5. The molecule has 1 N–H and O–H groups in total. The Morgan fingerprint density at radius 3 is 2.46 bits per heavy atom. The summed E-state index contributed by atoms with van der Waals surface area (Å²) in [5.41, 5.74) is -0.504. The van der Waals surface area contributed by atoms with Crippen molar-refractivity contribution in [3.63, 3.8) is 0 Å². The molecule has 0 radical (unpaired) electrons. The average molecular weight is 370 g/mol. The van der Waals surface area contributed by atoms with E-state index in [0.717, 1.165) is 38.7 Å². The molecule has 2 fully saturated rings. The second kappa shape index (κ2) is 9.55. The first-order chi connectivity index (χ1) is 12.2. The third-order valence-corrected chi connectivity index (χ3v) is 4.68. The number of rotatable bonds is 5. The van der Waals surface area contributed by atoms with E-state index in [4.69, 9.17) is 14.2 Å². The van der Waals surface area contributed by atoms with Crippen molar-refractivity contribution in [3.05, 3.63) is 0 Å². The highest BCUT2D eigenvalue weighted by atomic mass is 16.6. The zero-order valence-electron chi connectivity index (χ0n) is 16.6. The fourth-order valence-electron chi connectivity index (χ4n) is 3.24. The molecule has 2 saturated heterocycles. The number of nitrogens with one attached hydrogen (secondary N) is 1. The van der Waals surface area contributed by atoms with Crippen molar-refractivity contribution in [2.45, 2.75) is 83.6 Å². The van der Waals surface area contributed by atoms with E-state index in [1.54, 1.807) is 6.92 Å². The minimum Gasteiger partial charge on any atom is -0.444 e. The molecule has 0 aromatic carbocycles. The lowest BCUT2D eigenvalue weighted by molar-refractivity contribution is -0.147. The lowest BCUT2D eigenvalue weighted by atomic mass is 10.0. The summed E-state index contributed by atoms with van der Waals surface area (Å²) in [7, 11) is 0. The molecule has 2 amide bonds. The van der Waals surface area contributed by atoms with Crippen LogP contribution in [-0.4, -0.2) is 67.1 Å². The molecule has 26 heavy (non-hydrogen) atoms. The zero-order chi connectivity index (χ0) is 19.2. The molecule has 0 aliphatic carbocycles. The Bertz CT molecular complexity index is 463. The fraction of sp³-hybridized carbons (Fsp3) is 0.895. The smallest absolute Gasteiger partial charge is 0.407 e. The highest BCUT2D eigenvalue weighted by Crippen LogP contribution is 2.16. The number of piperidine rings is 1. The highest BCUT2D eigenvalue weighted by molar-refractivity contribution is 5.80. The number of carbonyl (C=O) groups excluding carboxylic acids is 2. The van der Waals surface area contributed by atoms with Gasteiger partial charge in [0.25, 0.3) is 5.91 Å². The molecule has 2 unspecified atom stereocenters. The number of amides is 2. The number of alkyl carbamates (subject to hydrolysis) is 1. The summed E-state index contributed by atoms with van der Waals surface area (Å²) in [4.78, 5) is 26.2. The Morgan fingerprint density at radius 2 is 1.88 bits per heavy atom. The van der Waals surface area contributed by atoms with Crippen molar-refractivity contribution in [1.82, 2.24) is 10.2 Å². The SMILES string of the molecule is CC(OCC1CCCCO1)C(=O)N1CCC(NC(=O)OC(C)(C)C)CC1. The van der Waals surface area contributed by atoms with E-state index in [2.05, 4.69) is 5.32 Å². The summed E-state index contributed by atoms with van der Waals surface area (Å²) >= 11 is 0. The first kappa shape index (κ1) is 21.0. The van der Waals surface area contributed by atoms with E-state index >= 15 is 0 Å². The van der Waals surface area contributed by atoms with Crippen LogP contribution in [0, 0.1) is 0 Å². The molecule has 7 heteroatoms. The van der Waals surface area contributed by atoms with Crippen LogP contribution in [0.5, 0.6) is 0 Å². The van der Waals surface area contributed by atoms with Crippen LogP contribution in [0.3, 0.4) is 0 Å². The van der Waals surface area contributed by atoms with Crippen LogP contribution in [0.25, 0.3) is 0 Å². The Morgan fingerprint density at radius 1 is 1.19 bits per heavy atom. The van der Waals surface area contributed by atoms with Gasteiger partial charge in [-0.1, -0.05) is 0 Å². The van der Waals surface area contributed by atoms with Gasteiger partial charge in [0.15, 0.2) is 0 Å². The molecule has 0 bridgehead atoms. The summed E-state index contributed by atoms with van der Waals surface area (Å²) in [6.07, 6.45) is 3.98. The number of hydrogen-bond acceptors (Lipinski definition) is 5. The van der Waals surface area contributed by atoms with Crippen LogP contribution in [0.4, 0.5) is 4.79 Å². The van der Waals surface area contributed by atoms with E-state index in [-0.39, 0.29) is 18.1 Å². The van der Waals surface area contributed by atoms with Crippen LogP contribution >= 0.6 is 0 Å². The molecule has 150 valence electrons. The predicted molar refractivity (Wildman–Crippen MR) is 98.0 cm³/mol. The van der Waals surface area contributed by atoms with Crippen molar-refractivity contribution in [2.75, 3.05) is 26.3 Å². The molecule has 2 heterocycles. The summed E-state index contributed by atoms with van der Waals surface area (Å²) in [6, 6.07) is 0.0424. The van der Waals surface area contributed by atoms with Crippen molar-refractivity contribution < 1.29 is 23.8 Å². The molecule has 0 aromatic rings. The minimum atomic E-state index is -0.504. The maximum absolute atomic E-state index is 12.5. The van der Waals surface area contributed by atoms with Gasteiger partial charge in [0.1, 0.15) is 11.7 Å². The van der Waals surface area contributed by atoms with Gasteiger partial charge in [-0.25, -0.2) is 4.79 Å². The van der Waals surface area contributed by atoms with Crippen LogP contribution < -0.4 is 5.32 Å². The summed E-state index contributed by atoms with van der Waals surface area (Å²) < 4.78 is 16.7. The fourth-order valence-corrected chi connectivity index (χ4v) is 3.24. The third-order valence-electron chi connectivity index (χ3n) is 4.68. The van der Waals surface area contributed by atoms with Gasteiger partial charge in [-0.3, -0.25) is 4.79 Å². The van der Waals surface area contributed by atoms with Crippen LogP contribution in [0.1, 0.15) is 59.8 Å². The Hall–Kier alpha value is -1.34. The lowest BCUT2D eigenvalue weighted by Crippen LogP contribution is -2.50. The van der Waals surface area contributed by atoms with E-state index in [1.165, 1.54) is 0 Å². The van der Waals surface area contributed by atoms with E-state index < -0.39 is 17.8 Å². The van der Waals surface area contributed by atoms with Crippen molar-refractivity contribution in [3.8, 4) is 0 Å². The molecular weight excluding hydrogens is 336 g/mol. The van der Waals surface area contributed by atoms with Gasteiger partial charge < -0.3 is 24.4 Å². The molecule has 2 aliphatic rings. The Balaban J connectivity index is 1.67. The number of ether oxygens (including phenoxy) is 3. The van der Waals surface area contributed by atoms with E-state index in [9.17, 15) is 9.59 Å². The molecule has 7 nitrogen and oxygen atoms in total. The van der Waals surface area contributed by atoms with Gasteiger partial charge in [-0.15, -0.1) is 0 Å². The van der Waals surface area contributed by atoms with Crippen molar-refractivity contribution in [1.29, 1.82) is 0 Å². The molecule has 0 spiro atoms. The zero-order valence-corrected chi connectivity index (χ0v) is 16.6.